The number of hydrogen-bond donors (Lipinski definition) is 2. The summed E-state index contributed by atoms with van der Waals surface area (Å²) in [6.45, 7) is 34.6. The third-order valence-corrected chi connectivity index (χ3v) is 19.6. The monoisotopic (exact) mass is 1450 g/mol. The number of carboxylic acids is 1. The largest absolute Gasteiger partial charge is 0.481 e. The molecular formula is C77H123NO24. The third kappa shape index (κ3) is 34.3. The van der Waals surface area contributed by atoms with Crippen molar-refractivity contribution in [2.75, 3.05) is 46.2 Å². The van der Waals surface area contributed by atoms with E-state index in [1.54, 1.807) is 0 Å². The van der Waals surface area contributed by atoms with E-state index in [9.17, 15) is 38.4 Å². The summed E-state index contributed by atoms with van der Waals surface area (Å²) in [6, 6.07) is 19.3. The van der Waals surface area contributed by atoms with Crippen LogP contribution in [0.1, 0.15) is 194 Å². The van der Waals surface area contributed by atoms with Crippen LogP contribution in [0, 0.1) is 65.1 Å². The Kier molecular flexibility index (Phi) is 44.1. The molecule has 0 spiro atoms. The highest BCUT2D eigenvalue weighted by Gasteiger charge is 2.47. The summed E-state index contributed by atoms with van der Waals surface area (Å²) in [6.07, 6.45) is 2.78. The maximum atomic E-state index is 11.9. The first kappa shape index (κ1) is 91.5. The van der Waals surface area contributed by atoms with E-state index < -0.39 is 12.3 Å². The SMILES string of the molecule is C.CC(=O)OCC1O[C@@H](OC(C)=O)C(C)[C@@H](C)[C@H]1C.CC(=O)OCC1O[C@@H](OCCCCC(=O)O)C(C)[C@@H](C)[C@H]1C.CC(=O)OCC1O[C@@H](OCCCCC(=O)OCc2ccccc2)C(C)[C@@H](C)[C@H]1C.CC(=O)OCC1O[C@H]2OC(C)=NC2[C@@H](C)[C@H]1C.O=C(CCCCO)OCc1ccccc1. The summed E-state index contributed by atoms with van der Waals surface area (Å²) in [5, 5.41) is 17.1. The number of esters is 7. The lowest BCUT2D eigenvalue weighted by Gasteiger charge is -2.43. The van der Waals surface area contributed by atoms with E-state index in [2.05, 4.69) is 74.2 Å². The Hall–Kier alpha value is -6.61. The zero-order valence-electron chi connectivity index (χ0n) is 62.9. The zero-order chi connectivity index (χ0) is 75.3. The van der Waals surface area contributed by atoms with Crippen LogP contribution in [-0.4, -0.2) is 166 Å². The van der Waals surface area contributed by atoms with E-state index in [-0.39, 0.29) is 179 Å². The van der Waals surface area contributed by atoms with Crippen LogP contribution in [0.25, 0.3) is 0 Å². The maximum Gasteiger partial charge on any atom is 0.306 e. The summed E-state index contributed by atoms with van der Waals surface area (Å²) in [7, 11) is 0. The first-order valence-electron chi connectivity index (χ1n) is 35.8. The lowest BCUT2D eigenvalue weighted by Crippen LogP contribution is -2.49. The molecule has 2 N–H and O–H groups in total. The van der Waals surface area contributed by atoms with E-state index in [0.717, 1.165) is 17.5 Å². The van der Waals surface area contributed by atoms with Crippen molar-refractivity contribution in [2.24, 2.45) is 70.1 Å². The smallest absolute Gasteiger partial charge is 0.306 e. The van der Waals surface area contributed by atoms with Crippen LogP contribution < -0.4 is 0 Å². The van der Waals surface area contributed by atoms with Crippen molar-refractivity contribution >= 4 is 53.7 Å². The highest BCUT2D eigenvalue weighted by atomic mass is 16.7. The molecule has 8 unspecified atom stereocenters. The lowest BCUT2D eigenvalue weighted by molar-refractivity contribution is -0.255. The molecule has 580 valence electrons. The molecule has 5 aliphatic heterocycles. The van der Waals surface area contributed by atoms with Gasteiger partial charge >= 0.3 is 47.8 Å². The lowest BCUT2D eigenvalue weighted by atomic mass is 9.79. The molecule has 25 heteroatoms. The fraction of sp³-hybridized carbons (Fsp3) is 0.727. The molecule has 0 saturated carbocycles. The molecule has 4 fully saturated rings. The van der Waals surface area contributed by atoms with Gasteiger partial charge in [0, 0.05) is 98.4 Å². The number of ether oxygens (including phenoxy) is 14. The predicted molar refractivity (Wildman–Crippen MR) is 379 cm³/mol. The molecule has 25 nitrogen and oxygen atoms in total. The molecule has 0 aromatic heterocycles. The van der Waals surface area contributed by atoms with Gasteiger partial charge in [-0.25, -0.2) is 4.99 Å². The van der Waals surface area contributed by atoms with Crippen molar-refractivity contribution in [3.8, 4) is 0 Å². The first-order chi connectivity index (χ1) is 47.8. The van der Waals surface area contributed by atoms with Gasteiger partial charge < -0.3 is 76.5 Å². The van der Waals surface area contributed by atoms with Gasteiger partial charge in [-0.05, 0) is 97.0 Å². The number of benzene rings is 2. The van der Waals surface area contributed by atoms with Gasteiger partial charge in [0.2, 0.25) is 12.6 Å². The van der Waals surface area contributed by atoms with Crippen LogP contribution in [-0.2, 0) is 118 Å². The van der Waals surface area contributed by atoms with E-state index in [0.29, 0.717) is 101 Å². The van der Waals surface area contributed by atoms with Gasteiger partial charge in [0.15, 0.2) is 18.5 Å². The van der Waals surface area contributed by atoms with Crippen molar-refractivity contribution in [3.63, 3.8) is 0 Å². The summed E-state index contributed by atoms with van der Waals surface area (Å²) in [5.74, 6) is 1.05. The van der Waals surface area contributed by atoms with Crippen LogP contribution in [0.3, 0.4) is 0 Å². The number of aliphatic hydroxyl groups excluding tert-OH is 1. The van der Waals surface area contributed by atoms with Crippen molar-refractivity contribution in [1.29, 1.82) is 0 Å². The normalized spacial score (nSPS) is 28.9. The van der Waals surface area contributed by atoms with E-state index >= 15 is 0 Å². The molecule has 5 aliphatic rings. The Morgan fingerprint density at radius 3 is 1.12 bits per heavy atom. The van der Waals surface area contributed by atoms with Crippen LogP contribution >= 0.6 is 0 Å². The molecule has 2 aromatic carbocycles. The fourth-order valence-electron chi connectivity index (χ4n) is 11.8. The Bertz CT molecular complexity index is 2790. The molecule has 5 heterocycles. The quantitative estimate of drug-likeness (QED) is 0.0434. The molecule has 102 heavy (non-hydrogen) atoms. The van der Waals surface area contributed by atoms with Crippen LogP contribution in [0.4, 0.5) is 0 Å². The topological polar surface area (TPSA) is 319 Å². The minimum absolute atomic E-state index is 0. The molecule has 2 aromatic rings. The standard InChI is InChI=1S/C23H34O6.C16H28O6.C13H22O5.C12H19NO4.C12H16O3.CH4/c1-16-17(2)21(15-27-19(4)24)29-23(18(16)3)26-13-9-8-12-22(25)28-14-20-10-6-5-7-11-20;1-10-11(2)14(9-21-13(4)17)22-16(12(10)3)20-8-6-5-7-15(18)19;1-7-8(2)12(6-16-10(4)14)18-13(9(7)3)17-11(5)15;1-6-7(2)11-12(16-8(3)13-11)17-10(6)5-15-9(4)14;13-9-5-4-8-12(14)15-10-11-6-2-1-3-7-11;/h5-7,10-11,16-18,21,23H,8-9,12-15H2,1-4H3;10-12,14,16H,5-9H2,1-4H3,(H,18,19);7-9,12-13H,6H2,1-5H3;6-7,10-12H,5H2,1-4H3;1-3,6-7,13H,4-5,8-10H2;1H4/t16-,17+,18?,21?,23+;10-,11+,12?,14?,16+;7-,8+,9?,12?,13+;6-,7+,10?,11?,12-;;/m0001../s1. The molecule has 7 rings (SSSR count). The number of carbonyl (C=O) groups excluding carboxylic acids is 7. The summed E-state index contributed by atoms with van der Waals surface area (Å²) < 4.78 is 76.5. The van der Waals surface area contributed by atoms with Gasteiger partial charge in [0.05, 0.1) is 24.4 Å². The van der Waals surface area contributed by atoms with Gasteiger partial charge in [-0.2, -0.15) is 0 Å². The molecule has 20 atom stereocenters. The number of rotatable bonds is 29. The Labute approximate surface area is 606 Å². The molecule has 0 aliphatic carbocycles. The Morgan fingerprint density at radius 1 is 0.412 bits per heavy atom. The maximum absolute atomic E-state index is 11.9. The number of nitrogens with zero attached hydrogens (tertiary/aromatic N) is 1. The van der Waals surface area contributed by atoms with Gasteiger partial charge in [-0.15, -0.1) is 0 Å². The minimum atomic E-state index is -0.786. The predicted octanol–water partition coefficient (Wildman–Crippen LogP) is 12.2. The van der Waals surface area contributed by atoms with Gasteiger partial charge in [0.1, 0.15) is 45.7 Å². The summed E-state index contributed by atoms with van der Waals surface area (Å²) in [5.41, 5.74) is 1.98. The molecule has 0 amide bonds. The van der Waals surface area contributed by atoms with Gasteiger partial charge in [-0.3, -0.25) is 38.4 Å². The second kappa shape index (κ2) is 49.2. The fourth-order valence-corrected chi connectivity index (χ4v) is 11.8. The third-order valence-electron chi connectivity index (χ3n) is 19.6. The number of fused-ring (bicyclic) bond motifs is 1. The summed E-state index contributed by atoms with van der Waals surface area (Å²) in [4.78, 5) is 92.7. The minimum Gasteiger partial charge on any atom is -0.481 e. The average molecular weight is 1450 g/mol. The van der Waals surface area contributed by atoms with Crippen molar-refractivity contribution in [1.82, 2.24) is 0 Å². The van der Waals surface area contributed by atoms with Crippen molar-refractivity contribution in [2.45, 2.75) is 252 Å². The van der Waals surface area contributed by atoms with E-state index in [1.807, 2.05) is 74.5 Å². The number of aliphatic imine (C=N–C) groups is 1. The van der Waals surface area contributed by atoms with Crippen molar-refractivity contribution < 1.29 is 115 Å². The van der Waals surface area contributed by atoms with Crippen LogP contribution in [0.2, 0.25) is 0 Å². The second-order valence-corrected chi connectivity index (χ2v) is 27.2. The van der Waals surface area contributed by atoms with E-state index in [4.69, 9.17) is 76.5 Å². The summed E-state index contributed by atoms with van der Waals surface area (Å²) >= 11 is 0. The first-order valence-corrected chi connectivity index (χ1v) is 35.8. The van der Waals surface area contributed by atoms with Gasteiger partial charge in [0.25, 0.3) is 0 Å². The van der Waals surface area contributed by atoms with E-state index in [1.165, 1.54) is 34.6 Å². The Balaban J connectivity index is 0.000000441. The highest BCUT2D eigenvalue weighted by molar-refractivity contribution is 5.75. The molecule has 0 radical (unpaired) electrons. The second-order valence-electron chi connectivity index (χ2n) is 27.2. The molecule has 0 bridgehead atoms. The molecule has 4 saturated heterocycles. The molecular weight excluding hydrogens is 1320 g/mol. The number of unbranched alkanes of at least 4 members (excludes halogenated alkanes) is 3. The van der Waals surface area contributed by atoms with Crippen molar-refractivity contribution in [3.05, 3.63) is 71.8 Å². The zero-order valence-corrected chi connectivity index (χ0v) is 62.9. The Morgan fingerprint density at radius 2 is 0.755 bits per heavy atom. The van der Waals surface area contributed by atoms with Crippen LogP contribution in [0.15, 0.2) is 65.7 Å². The number of hydrogen-bond acceptors (Lipinski definition) is 24. The average Bonchev–Trinajstić information content (AvgIpc) is 1.56. The van der Waals surface area contributed by atoms with Crippen LogP contribution in [0.5, 0.6) is 0 Å². The van der Waals surface area contributed by atoms with Gasteiger partial charge in [-0.1, -0.05) is 144 Å². The number of carboxylic acid groups (broad SMARTS) is 1. The number of aliphatic hydroxyl groups is 1. The number of aliphatic carboxylic acids is 1. The number of carbonyl (C=O) groups is 8. The highest BCUT2D eigenvalue weighted by Crippen LogP contribution is 2.39.